The van der Waals surface area contributed by atoms with E-state index in [1.807, 2.05) is 24.7 Å². The Kier molecular flexibility index (Phi) is 5.27. The molecular weight excluding hydrogens is 290 g/mol. The molecule has 1 aliphatic rings. The van der Waals surface area contributed by atoms with Gasteiger partial charge in [0.05, 0.1) is 23.4 Å². The normalized spacial score (nSPS) is 25.2. The number of aryl methyl sites for hydroxylation is 1. The monoisotopic (exact) mass is 313 g/mol. The minimum Gasteiger partial charge on any atom is -0.465 e. The van der Waals surface area contributed by atoms with Crippen molar-refractivity contribution in [2.75, 3.05) is 13.2 Å². The summed E-state index contributed by atoms with van der Waals surface area (Å²) in [4.78, 5) is 12.4. The first-order chi connectivity index (χ1) is 10.0. The van der Waals surface area contributed by atoms with Crippen LogP contribution in [0, 0.1) is 6.92 Å². The summed E-state index contributed by atoms with van der Waals surface area (Å²) in [5.41, 5.74) is 0.245. The molecule has 21 heavy (non-hydrogen) atoms. The highest BCUT2D eigenvalue weighted by molar-refractivity contribution is 6.31. The fourth-order valence-electron chi connectivity index (χ4n) is 2.94. The van der Waals surface area contributed by atoms with E-state index < -0.39 is 5.54 Å². The van der Waals surface area contributed by atoms with Crippen LogP contribution in [-0.2, 0) is 9.53 Å². The number of rotatable bonds is 6. The van der Waals surface area contributed by atoms with E-state index in [-0.39, 0.29) is 12.0 Å². The van der Waals surface area contributed by atoms with E-state index in [0.717, 1.165) is 31.5 Å². The molecule has 2 unspecified atom stereocenters. The molecule has 1 fully saturated rings. The highest BCUT2D eigenvalue weighted by atomic mass is 35.5. The molecule has 118 valence electrons. The molecule has 1 aromatic rings. The van der Waals surface area contributed by atoms with Gasteiger partial charge in [0, 0.05) is 6.20 Å². The van der Waals surface area contributed by atoms with Gasteiger partial charge in [0.2, 0.25) is 0 Å². The first-order valence-corrected chi connectivity index (χ1v) is 8.03. The lowest BCUT2D eigenvalue weighted by molar-refractivity contribution is -0.151. The Morgan fingerprint density at radius 2 is 2.38 bits per heavy atom. The van der Waals surface area contributed by atoms with Gasteiger partial charge in [0.15, 0.2) is 0 Å². The van der Waals surface area contributed by atoms with Crippen LogP contribution in [0.1, 0.15) is 51.3 Å². The topological polar surface area (TPSA) is 56.1 Å². The zero-order valence-corrected chi connectivity index (χ0v) is 13.7. The fourth-order valence-corrected chi connectivity index (χ4v) is 3.08. The SMILES string of the molecule is CCCNC1(C(=O)OCC)CCC(n2cc(Cl)c(C)n2)C1. The third-order valence-corrected chi connectivity index (χ3v) is 4.47. The number of hydrogen-bond acceptors (Lipinski definition) is 4. The van der Waals surface area contributed by atoms with Gasteiger partial charge < -0.3 is 10.1 Å². The van der Waals surface area contributed by atoms with Crippen LogP contribution in [0.4, 0.5) is 0 Å². The van der Waals surface area contributed by atoms with Crippen LogP contribution in [0.3, 0.4) is 0 Å². The molecule has 1 saturated carbocycles. The molecule has 5 nitrogen and oxygen atoms in total. The van der Waals surface area contributed by atoms with Gasteiger partial charge in [-0.15, -0.1) is 0 Å². The highest BCUT2D eigenvalue weighted by Gasteiger charge is 2.46. The van der Waals surface area contributed by atoms with Crippen LogP contribution in [0.2, 0.25) is 5.02 Å². The second-order valence-electron chi connectivity index (χ2n) is 5.67. The molecule has 2 rings (SSSR count). The standard InChI is InChI=1S/C15H24ClN3O2/c1-4-8-17-15(14(20)21-5-2)7-6-12(9-15)19-10-13(16)11(3)18-19/h10,12,17H,4-9H2,1-3H3. The Labute approximate surface area is 131 Å². The summed E-state index contributed by atoms with van der Waals surface area (Å²) >= 11 is 6.08. The lowest BCUT2D eigenvalue weighted by atomic mass is 9.97. The van der Waals surface area contributed by atoms with Crippen LogP contribution >= 0.6 is 11.6 Å². The third kappa shape index (κ3) is 3.40. The van der Waals surface area contributed by atoms with Crippen LogP contribution in [0.5, 0.6) is 0 Å². The van der Waals surface area contributed by atoms with E-state index in [4.69, 9.17) is 16.3 Å². The summed E-state index contributed by atoms with van der Waals surface area (Å²) in [6.07, 6.45) is 5.20. The number of carbonyl (C=O) groups excluding carboxylic acids is 1. The van der Waals surface area contributed by atoms with Crippen LogP contribution < -0.4 is 5.32 Å². The number of halogens is 1. The van der Waals surface area contributed by atoms with Crippen molar-refractivity contribution in [3.63, 3.8) is 0 Å². The molecule has 1 heterocycles. The molecule has 0 radical (unpaired) electrons. The number of aromatic nitrogens is 2. The molecule has 1 N–H and O–H groups in total. The molecule has 0 bridgehead atoms. The van der Waals surface area contributed by atoms with E-state index in [0.29, 0.717) is 18.1 Å². The lowest BCUT2D eigenvalue weighted by Gasteiger charge is -2.28. The quantitative estimate of drug-likeness (QED) is 0.821. The lowest BCUT2D eigenvalue weighted by Crippen LogP contribution is -2.51. The first-order valence-electron chi connectivity index (χ1n) is 7.66. The summed E-state index contributed by atoms with van der Waals surface area (Å²) in [5.74, 6) is -0.143. The van der Waals surface area contributed by atoms with E-state index in [1.54, 1.807) is 0 Å². The average molecular weight is 314 g/mol. The van der Waals surface area contributed by atoms with Crippen LogP contribution in [-0.4, -0.2) is 34.4 Å². The Morgan fingerprint density at radius 3 is 2.95 bits per heavy atom. The number of ether oxygens (including phenoxy) is 1. The number of hydrogen-bond donors (Lipinski definition) is 1. The predicted molar refractivity (Wildman–Crippen MR) is 82.5 cm³/mol. The summed E-state index contributed by atoms with van der Waals surface area (Å²) < 4.78 is 7.18. The summed E-state index contributed by atoms with van der Waals surface area (Å²) in [5, 5.41) is 8.52. The number of nitrogens with one attached hydrogen (secondary N) is 1. The summed E-state index contributed by atoms with van der Waals surface area (Å²) in [6, 6.07) is 0.185. The van der Waals surface area contributed by atoms with E-state index in [1.165, 1.54) is 0 Å². The zero-order chi connectivity index (χ0) is 15.5. The van der Waals surface area contributed by atoms with Crippen LogP contribution in [0.15, 0.2) is 6.20 Å². The molecule has 0 amide bonds. The van der Waals surface area contributed by atoms with Gasteiger partial charge >= 0.3 is 5.97 Å². The van der Waals surface area contributed by atoms with Gasteiger partial charge in [-0.1, -0.05) is 18.5 Å². The number of carbonyl (C=O) groups is 1. The van der Waals surface area contributed by atoms with Gasteiger partial charge in [-0.3, -0.25) is 9.48 Å². The van der Waals surface area contributed by atoms with Crippen molar-refractivity contribution in [1.29, 1.82) is 0 Å². The van der Waals surface area contributed by atoms with Gasteiger partial charge in [0.1, 0.15) is 5.54 Å². The van der Waals surface area contributed by atoms with Gasteiger partial charge in [-0.2, -0.15) is 5.10 Å². The van der Waals surface area contributed by atoms with Crippen molar-refractivity contribution in [2.24, 2.45) is 0 Å². The molecule has 2 atom stereocenters. The molecule has 1 aliphatic carbocycles. The van der Waals surface area contributed by atoms with Crippen molar-refractivity contribution < 1.29 is 9.53 Å². The minimum absolute atomic E-state index is 0.143. The predicted octanol–water partition coefficient (Wildman–Crippen LogP) is 2.87. The minimum atomic E-state index is -0.580. The van der Waals surface area contributed by atoms with Crippen LogP contribution in [0.25, 0.3) is 0 Å². The second kappa shape index (κ2) is 6.79. The summed E-state index contributed by atoms with van der Waals surface area (Å²) in [7, 11) is 0. The Balaban J connectivity index is 2.15. The molecule has 0 saturated heterocycles. The smallest absolute Gasteiger partial charge is 0.326 e. The molecular formula is C15H24ClN3O2. The second-order valence-corrected chi connectivity index (χ2v) is 6.08. The number of nitrogens with zero attached hydrogens (tertiary/aromatic N) is 2. The van der Waals surface area contributed by atoms with Gasteiger partial charge in [-0.25, -0.2) is 0 Å². The first kappa shape index (κ1) is 16.3. The Hall–Kier alpha value is -1.07. The maximum Gasteiger partial charge on any atom is 0.326 e. The van der Waals surface area contributed by atoms with Crippen molar-refractivity contribution in [2.45, 2.75) is 58.0 Å². The van der Waals surface area contributed by atoms with E-state index in [9.17, 15) is 4.79 Å². The third-order valence-electron chi connectivity index (χ3n) is 4.10. The molecule has 0 aromatic carbocycles. The highest BCUT2D eigenvalue weighted by Crippen LogP contribution is 2.39. The van der Waals surface area contributed by atoms with Crippen molar-refractivity contribution in [3.05, 3.63) is 16.9 Å². The van der Waals surface area contributed by atoms with E-state index >= 15 is 0 Å². The van der Waals surface area contributed by atoms with Crippen molar-refractivity contribution in [3.8, 4) is 0 Å². The van der Waals surface area contributed by atoms with Crippen molar-refractivity contribution in [1.82, 2.24) is 15.1 Å². The molecule has 0 spiro atoms. The number of esters is 1. The summed E-state index contributed by atoms with van der Waals surface area (Å²) in [6.45, 7) is 7.04. The fraction of sp³-hybridized carbons (Fsp3) is 0.733. The Bertz CT molecular complexity index is 484. The van der Waals surface area contributed by atoms with Crippen molar-refractivity contribution >= 4 is 17.6 Å². The average Bonchev–Trinajstić information content (AvgIpc) is 3.03. The molecule has 1 aromatic heterocycles. The molecule has 0 aliphatic heterocycles. The van der Waals surface area contributed by atoms with Gasteiger partial charge in [-0.05, 0) is 46.1 Å². The zero-order valence-electron chi connectivity index (χ0n) is 13.0. The van der Waals surface area contributed by atoms with E-state index in [2.05, 4.69) is 17.3 Å². The molecule has 6 heteroatoms. The Morgan fingerprint density at radius 1 is 1.62 bits per heavy atom. The van der Waals surface area contributed by atoms with Gasteiger partial charge in [0.25, 0.3) is 0 Å². The maximum absolute atomic E-state index is 12.4. The largest absolute Gasteiger partial charge is 0.465 e. The maximum atomic E-state index is 12.4.